The Kier molecular flexibility index (Phi) is 4.00. The van der Waals surface area contributed by atoms with Crippen molar-refractivity contribution in [2.75, 3.05) is 5.32 Å². The molecule has 0 fully saturated rings. The van der Waals surface area contributed by atoms with Crippen molar-refractivity contribution in [3.63, 3.8) is 0 Å². The average Bonchev–Trinajstić information content (AvgIpc) is 2.46. The van der Waals surface area contributed by atoms with Gasteiger partial charge in [-0.2, -0.15) is 0 Å². The second-order valence-corrected chi connectivity index (χ2v) is 4.36. The minimum Gasteiger partial charge on any atom is -0.381 e. The van der Waals surface area contributed by atoms with Gasteiger partial charge < -0.3 is 16.8 Å². The molecule has 0 heterocycles. The summed E-state index contributed by atoms with van der Waals surface area (Å²) in [4.78, 5) is 22.0. The molecule has 102 valence electrons. The van der Waals surface area contributed by atoms with E-state index in [-0.39, 0.29) is 0 Å². The Morgan fingerprint density at radius 3 is 2.15 bits per heavy atom. The van der Waals surface area contributed by atoms with Crippen molar-refractivity contribution in [3.8, 4) is 0 Å². The van der Waals surface area contributed by atoms with E-state index < -0.39 is 11.8 Å². The maximum atomic E-state index is 11.1. The van der Waals surface area contributed by atoms with E-state index in [4.69, 9.17) is 11.5 Å². The van der Waals surface area contributed by atoms with E-state index in [1.54, 1.807) is 30.3 Å². The Bertz CT molecular complexity index is 636. The number of hydrogen-bond acceptors (Lipinski definition) is 3. The normalized spacial score (nSPS) is 10.0. The minimum atomic E-state index is -0.459. The zero-order valence-corrected chi connectivity index (χ0v) is 10.8. The van der Waals surface area contributed by atoms with Crippen LogP contribution in [0.15, 0.2) is 48.5 Å². The maximum Gasteiger partial charge on any atom is 0.248 e. The summed E-state index contributed by atoms with van der Waals surface area (Å²) in [5.74, 6) is -0.905. The van der Waals surface area contributed by atoms with Crippen molar-refractivity contribution in [3.05, 3.63) is 65.2 Å². The second-order valence-electron chi connectivity index (χ2n) is 4.36. The number of hydrogen-bond donors (Lipinski definition) is 3. The number of rotatable bonds is 5. The van der Waals surface area contributed by atoms with Gasteiger partial charge in [0.05, 0.1) is 0 Å². The predicted molar refractivity (Wildman–Crippen MR) is 77.2 cm³/mol. The van der Waals surface area contributed by atoms with Crippen molar-refractivity contribution in [2.45, 2.75) is 6.54 Å². The molecule has 2 aromatic carbocycles. The summed E-state index contributed by atoms with van der Waals surface area (Å²) in [5, 5.41) is 3.18. The van der Waals surface area contributed by atoms with Crippen LogP contribution in [-0.4, -0.2) is 11.8 Å². The number of primary amides is 2. The van der Waals surface area contributed by atoms with Crippen LogP contribution in [0.5, 0.6) is 0 Å². The third-order valence-corrected chi connectivity index (χ3v) is 2.88. The fourth-order valence-electron chi connectivity index (χ4n) is 1.77. The van der Waals surface area contributed by atoms with E-state index in [1.165, 1.54) is 0 Å². The molecule has 2 rings (SSSR count). The van der Waals surface area contributed by atoms with Gasteiger partial charge in [0.15, 0.2) is 0 Å². The summed E-state index contributed by atoms with van der Waals surface area (Å²) in [7, 11) is 0. The van der Waals surface area contributed by atoms with Crippen LogP contribution in [-0.2, 0) is 6.54 Å². The van der Waals surface area contributed by atoms with Crippen LogP contribution in [0.1, 0.15) is 26.3 Å². The van der Waals surface area contributed by atoms with E-state index in [9.17, 15) is 9.59 Å². The molecule has 0 aromatic heterocycles. The van der Waals surface area contributed by atoms with Crippen molar-refractivity contribution < 1.29 is 9.59 Å². The zero-order valence-electron chi connectivity index (χ0n) is 10.8. The van der Waals surface area contributed by atoms with Gasteiger partial charge in [-0.1, -0.05) is 18.2 Å². The maximum absolute atomic E-state index is 11.1. The van der Waals surface area contributed by atoms with E-state index in [0.29, 0.717) is 17.7 Å². The van der Waals surface area contributed by atoms with Gasteiger partial charge in [0, 0.05) is 23.4 Å². The number of amides is 2. The molecule has 0 unspecified atom stereocenters. The third kappa shape index (κ3) is 3.35. The lowest BCUT2D eigenvalue weighted by atomic mass is 10.1. The predicted octanol–water partition coefficient (Wildman–Crippen LogP) is 1.50. The summed E-state index contributed by atoms with van der Waals surface area (Å²) >= 11 is 0. The Balaban J connectivity index is 2.03. The second kappa shape index (κ2) is 5.88. The number of nitrogens with one attached hydrogen (secondary N) is 1. The molecule has 5 N–H and O–H groups in total. The third-order valence-electron chi connectivity index (χ3n) is 2.88. The standard InChI is InChI=1S/C15H15N3O2/c16-14(19)11-6-4-10(5-7-11)9-18-13-3-1-2-12(8-13)15(17)20/h1-8,18H,9H2,(H2,16,19)(H2,17,20). The molecule has 5 heteroatoms. The lowest BCUT2D eigenvalue weighted by molar-refractivity contribution is 0.0992. The Labute approximate surface area is 116 Å². The number of carbonyl (C=O) groups is 2. The Morgan fingerprint density at radius 1 is 0.900 bits per heavy atom. The van der Waals surface area contributed by atoms with Gasteiger partial charge in [-0.25, -0.2) is 0 Å². The molecule has 0 radical (unpaired) electrons. The molecule has 0 saturated heterocycles. The summed E-state index contributed by atoms with van der Waals surface area (Å²) in [6, 6.07) is 14.0. The summed E-state index contributed by atoms with van der Waals surface area (Å²) in [6.45, 7) is 0.571. The fourth-order valence-corrected chi connectivity index (χ4v) is 1.77. The molecular formula is C15H15N3O2. The molecule has 0 aliphatic carbocycles. The van der Waals surface area contributed by atoms with Gasteiger partial charge in [-0.3, -0.25) is 9.59 Å². The first-order valence-corrected chi connectivity index (χ1v) is 6.09. The van der Waals surface area contributed by atoms with Crippen LogP contribution < -0.4 is 16.8 Å². The van der Waals surface area contributed by atoms with E-state index in [0.717, 1.165) is 11.3 Å². The zero-order chi connectivity index (χ0) is 14.5. The van der Waals surface area contributed by atoms with Crippen LogP contribution >= 0.6 is 0 Å². The highest BCUT2D eigenvalue weighted by Crippen LogP contribution is 2.12. The molecule has 20 heavy (non-hydrogen) atoms. The van der Waals surface area contributed by atoms with Crippen LogP contribution in [0.4, 0.5) is 5.69 Å². The molecule has 0 saturated carbocycles. The van der Waals surface area contributed by atoms with Gasteiger partial charge in [0.2, 0.25) is 11.8 Å². The largest absolute Gasteiger partial charge is 0.381 e. The lowest BCUT2D eigenvalue weighted by Crippen LogP contribution is -2.11. The molecule has 2 aromatic rings. The highest BCUT2D eigenvalue weighted by molar-refractivity contribution is 5.93. The van der Waals surface area contributed by atoms with Crippen LogP contribution in [0.3, 0.4) is 0 Å². The molecule has 0 spiro atoms. The summed E-state index contributed by atoms with van der Waals surface area (Å²) in [5.41, 5.74) is 13.1. The number of carbonyl (C=O) groups excluding carboxylic acids is 2. The van der Waals surface area contributed by atoms with E-state index in [1.807, 2.05) is 18.2 Å². The molecule has 2 amide bonds. The molecule has 5 nitrogen and oxygen atoms in total. The molecule has 0 aliphatic rings. The molecule has 0 bridgehead atoms. The van der Waals surface area contributed by atoms with Gasteiger partial charge in [0.1, 0.15) is 0 Å². The topological polar surface area (TPSA) is 98.2 Å². The number of anilines is 1. The van der Waals surface area contributed by atoms with E-state index in [2.05, 4.69) is 5.32 Å². The number of benzene rings is 2. The van der Waals surface area contributed by atoms with Gasteiger partial charge in [-0.05, 0) is 35.9 Å². The fraction of sp³-hybridized carbons (Fsp3) is 0.0667. The molecule has 0 atom stereocenters. The van der Waals surface area contributed by atoms with Crippen LogP contribution in [0.25, 0.3) is 0 Å². The lowest BCUT2D eigenvalue weighted by Gasteiger charge is -2.08. The van der Waals surface area contributed by atoms with E-state index >= 15 is 0 Å². The van der Waals surface area contributed by atoms with Crippen molar-refractivity contribution in [2.24, 2.45) is 11.5 Å². The smallest absolute Gasteiger partial charge is 0.248 e. The van der Waals surface area contributed by atoms with Crippen molar-refractivity contribution in [1.29, 1.82) is 0 Å². The first kappa shape index (κ1) is 13.6. The van der Waals surface area contributed by atoms with Gasteiger partial charge in [-0.15, -0.1) is 0 Å². The highest BCUT2D eigenvalue weighted by atomic mass is 16.1. The van der Waals surface area contributed by atoms with Crippen molar-refractivity contribution in [1.82, 2.24) is 0 Å². The molecule has 0 aliphatic heterocycles. The first-order chi connectivity index (χ1) is 9.56. The summed E-state index contributed by atoms with van der Waals surface area (Å²) in [6.07, 6.45) is 0. The summed E-state index contributed by atoms with van der Waals surface area (Å²) < 4.78 is 0. The minimum absolute atomic E-state index is 0.446. The van der Waals surface area contributed by atoms with Crippen LogP contribution in [0.2, 0.25) is 0 Å². The number of nitrogens with two attached hydrogens (primary N) is 2. The van der Waals surface area contributed by atoms with Gasteiger partial charge >= 0.3 is 0 Å². The van der Waals surface area contributed by atoms with Crippen molar-refractivity contribution >= 4 is 17.5 Å². The Morgan fingerprint density at radius 2 is 1.55 bits per heavy atom. The van der Waals surface area contributed by atoms with Gasteiger partial charge in [0.25, 0.3) is 0 Å². The first-order valence-electron chi connectivity index (χ1n) is 6.09. The molecular weight excluding hydrogens is 254 g/mol. The highest BCUT2D eigenvalue weighted by Gasteiger charge is 2.02. The Hall–Kier alpha value is -2.82. The average molecular weight is 269 g/mol. The SMILES string of the molecule is NC(=O)c1ccc(CNc2cccc(C(N)=O)c2)cc1. The quantitative estimate of drug-likeness (QED) is 0.767. The monoisotopic (exact) mass is 269 g/mol. The van der Waals surface area contributed by atoms with Crippen LogP contribution in [0, 0.1) is 0 Å².